The van der Waals surface area contributed by atoms with Crippen LogP contribution in [0, 0.1) is 0 Å². The number of rotatable bonds is 7. The van der Waals surface area contributed by atoms with Crippen LogP contribution in [-0.2, 0) is 4.79 Å². The number of methoxy groups -OCH3 is 1. The molecule has 0 fully saturated rings. The number of aliphatic hydroxyl groups is 1. The van der Waals surface area contributed by atoms with Crippen molar-refractivity contribution in [3.8, 4) is 23.0 Å². The molecule has 27 heavy (non-hydrogen) atoms. The van der Waals surface area contributed by atoms with Crippen LogP contribution in [0.3, 0.4) is 0 Å². The quantitative estimate of drug-likeness (QED) is 0.688. The summed E-state index contributed by atoms with van der Waals surface area (Å²) in [5, 5.41) is 22.6. The molecule has 0 aromatic heterocycles. The molecule has 0 saturated heterocycles. The molecule has 1 heterocycles. The van der Waals surface area contributed by atoms with Crippen molar-refractivity contribution >= 4 is 5.91 Å². The predicted octanol–water partition coefficient (Wildman–Crippen LogP) is 2.15. The maximum Gasteiger partial charge on any atom is 0.231 e. The van der Waals surface area contributed by atoms with Gasteiger partial charge in [0.15, 0.2) is 11.5 Å². The van der Waals surface area contributed by atoms with Gasteiger partial charge in [-0.1, -0.05) is 12.1 Å². The number of carbonyl (C=O) groups excluding carboxylic acids is 1. The summed E-state index contributed by atoms with van der Waals surface area (Å²) in [6.07, 6.45) is -0.529. The second-order valence-corrected chi connectivity index (χ2v) is 6.45. The smallest absolute Gasteiger partial charge is 0.231 e. The largest absolute Gasteiger partial charge is 0.508 e. The lowest BCUT2D eigenvalue weighted by atomic mass is 9.87. The molecule has 0 radical (unpaired) electrons. The van der Waals surface area contributed by atoms with Gasteiger partial charge in [-0.3, -0.25) is 4.79 Å². The van der Waals surface area contributed by atoms with Crippen LogP contribution in [-0.4, -0.2) is 42.7 Å². The van der Waals surface area contributed by atoms with Gasteiger partial charge in [0.05, 0.1) is 13.2 Å². The number of ether oxygens (including phenoxy) is 3. The average Bonchev–Trinajstić information content (AvgIpc) is 3.11. The molecule has 1 unspecified atom stereocenters. The summed E-state index contributed by atoms with van der Waals surface area (Å²) >= 11 is 0. The minimum absolute atomic E-state index is 0.0309. The highest BCUT2D eigenvalue weighted by atomic mass is 16.7. The third kappa shape index (κ3) is 4.43. The molecule has 3 rings (SSSR count). The van der Waals surface area contributed by atoms with Crippen LogP contribution in [0.15, 0.2) is 36.4 Å². The van der Waals surface area contributed by atoms with E-state index in [2.05, 4.69) is 5.32 Å². The van der Waals surface area contributed by atoms with Crippen molar-refractivity contribution < 1.29 is 29.2 Å². The summed E-state index contributed by atoms with van der Waals surface area (Å²) in [5.74, 6) is 1.11. The Labute approximate surface area is 157 Å². The van der Waals surface area contributed by atoms with E-state index in [0.717, 1.165) is 5.56 Å². The monoisotopic (exact) mass is 373 g/mol. The van der Waals surface area contributed by atoms with Crippen molar-refractivity contribution in [2.45, 2.75) is 25.4 Å². The second-order valence-electron chi connectivity index (χ2n) is 6.45. The molecule has 7 heteroatoms. The molecule has 2 aromatic carbocycles. The first-order chi connectivity index (χ1) is 13.0. The number of fused-ring (bicyclic) bond motifs is 1. The topological polar surface area (TPSA) is 97.3 Å². The van der Waals surface area contributed by atoms with Crippen LogP contribution >= 0.6 is 0 Å². The Morgan fingerprint density at radius 3 is 2.52 bits per heavy atom. The lowest BCUT2D eigenvalue weighted by molar-refractivity contribution is -0.121. The maximum absolute atomic E-state index is 12.4. The Hall–Kier alpha value is -2.93. The molecule has 2 aromatic rings. The van der Waals surface area contributed by atoms with Gasteiger partial charge in [0.25, 0.3) is 0 Å². The standard InChI is InChI=1S/C20H23NO6/c1-12(22)10-21-20(24)8-15(13-3-5-14(25-2)6-4-13)16-7-18-19(9-17(16)23)27-11-26-18/h3-7,9,12,15,22-23H,8,10-11H2,1-2H3,(H,21,24)/t12-,15?/m1/s1. The van der Waals surface area contributed by atoms with E-state index in [1.165, 1.54) is 6.07 Å². The summed E-state index contributed by atoms with van der Waals surface area (Å²) in [4.78, 5) is 12.4. The SMILES string of the molecule is COc1ccc(C(CC(=O)NC[C@@H](C)O)c2cc3c(cc2O)OCO3)cc1. The summed E-state index contributed by atoms with van der Waals surface area (Å²) in [7, 11) is 1.58. The number of phenolic OH excluding ortho intramolecular Hbond substituents is 1. The molecule has 1 amide bonds. The number of amides is 1. The van der Waals surface area contributed by atoms with Gasteiger partial charge < -0.3 is 29.7 Å². The van der Waals surface area contributed by atoms with Crippen LogP contribution in [0.2, 0.25) is 0 Å². The number of aromatic hydroxyl groups is 1. The zero-order chi connectivity index (χ0) is 19.4. The van der Waals surface area contributed by atoms with Gasteiger partial charge >= 0.3 is 0 Å². The van der Waals surface area contributed by atoms with Crippen LogP contribution < -0.4 is 19.5 Å². The molecule has 144 valence electrons. The number of hydrogen-bond acceptors (Lipinski definition) is 6. The summed E-state index contributed by atoms with van der Waals surface area (Å²) in [5.41, 5.74) is 1.41. The van der Waals surface area contributed by atoms with Gasteiger partial charge in [-0.2, -0.15) is 0 Å². The van der Waals surface area contributed by atoms with Gasteiger partial charge in [0.2, 0.25) is 12.7 Å². The fourth-order valence-electron chi connectivity index (χ4n) is 2.99. The summed E-state index contributed by atoms with van der Waals surface area (Å²) in [6.45, 7) is 1.87. The van der Waals surface area contributed by atoms with E-state index < -0.39 is 12.0 Å². The third-order valence-electron chi connectivity index (χ3n) is 4.40. The number of hydrogen-bond donors (Lipinski definition) is 3. The molecule has 0 saturated carbocycles. The van der Waals surface area contributed by atoms with Crippen molar-refractivity contribution in [1.29, 1.82) is 0 Å². The van der Waals surface area contributed by atoms with Gasteiger partial charge in [-0.15, -0.1) is 0 Å². The van der Waals surface area contributed by atoms with E-state index in [-0.39, 0.29) is 31.4 Å². The van der Waals surface area contributed by atoms with E-state index in [1.807, 2.05) is 12.1 Å². The zero-order valence-electron chi connectivity index (χ0n) is 15.3. The molecule has 0 spiro atoms. The molecule has 1 aliphatic rings. The lowest BCUT2D eigenvalue weighted by Crippen LogP contribution is -2.31. The average molecular weight is 373 g/mol. The van der Waals surface area contributed by atoms with Crippen LogP contribution in [0.5, 0.6) is 23.0 Å². The first-order valence-corrected chi connectivity index (χ1v) is 8.69. The fraction of sp³-hybridized carbons (Fsp3) is 0.350. The Kier molecular flexibility index (Phi) is 5.71. The molecule has 1 aliphatic heterocycles. The van der Waals surface area contributed by atoms with Gasteiger partial charge in [-0.05, 0) is 30.7 Å². The van der Waals surface area contributed by atoms with Crippen molar-refractivity contribution in [1.82, 2.24) is 5.32 Å². The fourth-order valence-corrected chi connectivity index (χ4v) is 2.99. The number of benzene rings is 2. The Morgan fingerprint density at radius 2 is 1.89 bits per heavy atom. The number of aliphatic hydroxyl groups excluding tert-OH is 1. The predicted molar refractivity (Wildman–Crippen MR) is 98.4 cm³/mol. The molecule has 0 aliphatic carbocycles. The van der Waals surface area contributed by atoms with Crippen molar-refractivity contribution in [3.05, 3.63) is 47.5 Å². The molecule has 0 bridgehead atoms. The minimum Gasteiger partial charge on any atom is -0.508 e. The van der Waals surface area contributed by atoms with Gasteiger partial charge in [0.1, 0.15) is 11.5 Å². The van der Waals surface area contributed by atoms with Crippen molar-refractivity contribution in [2.75, 3.05) is 20.4 Å². The Bertz CT molecular complexity index is 803. The second kappa shape index (κ2) is 8.18. The van der Waals surface area contributed by atoms with E-state index in [4.69, 9.17) is 14.2 Å². The van der Waals surface area contributed by atoms with E-state index in [9.17, 15) is 15.0 Å². The summed E-state index contributed by atoms with van der Waals surface area (Å²) < 4.78 is 15.9. The van der Waals surface area contributed by atoms with Crippen LogP contribution in [0.4, 0.5) is 0 Å². The third-order valence-corrected chi connectivity index (χ3v) is 4.40. The molecule has 3 N–H and O–H groups in total. The van der Waals surface area contributed by atoms with E-state index >= 15 is 0 Å². The maximum atomic E-state index is 12.4. The minimum atomic E-state index is -0.632. The molecular formula is C20H23NO6. The molecule has 2 atom stereocenters. The van der Waals surface area contributed by atoms with Gasteiger partial charge in [-0.25, -0.2) is 0 Å². The highest BCUT2D eigenvalue weighted by molar-refractivity contribution is 5.78. The van der Waals surface area contributed by atoms with E-state index in [1.54, 1.807) is 32.2 Å². The highest BCUT2D eigenvalue weighted by Crippen LogP contribution is 2.43. The highest BCUT2D eigenvalue weighted by Gasteiger charge is 2.25. The molecular weight excluding hydrogens is 350 g/mol. The van der Waals surface area contributed by atoms with Gasteiger partial charge in [0, 0.05) is 30.5 Å². The summed E-state index contributed by atoms with van der Waals surface area (Å²) in [6, 6.07) is 10.5. The van der Waals surface area contributed by atoms with E-state index in [0.29, 0.717) is 22.8 Å². The van der Waals surface area contributed by atoms with Crippen LogP contribution in [0.25, 0.3) is 0 Å². The molecule has 7 nitrogen and oxygen atoms in total. The number of carbonyl (C=O) groups is 1. The van der Waals surface area contributed by atoms with Crippen molar-refractivity contribution in [2.24, 2.45) is 0 Å². The Morgan fingerprint density at radius 1 is 1.22 bits per heavy atom. The van der Waals surface area contributed by atoms with Crippen molar-refractivity contribution in [3.63, 3.8) is 0 Å². The lowest BCUT2D eigenvalue weighted by Gasteiger charge is -2.20. The zero-order valence-corrected chi connectivity index (χ0v) is 15.3. The number of nitrogens with one attached hydrogen (secondary N) is 1. The number of phenols is 1. The van der Waals surface area contributed by atoms with Crippen LogP contribution in [0.1, 0.15) is 30.4 Å². The first-order valence-electron chi connectivity index (χ1n) is 8.69. The normalized spacial score (nSPS) is 14.5. The first kappa shape index (κ1) is 18.8. The Balaban J connectivity index is 1.93.